The lowest BCUT2D eigenvalue weighted by molar-refractivity contribution is -0.183. The maximum Gasteiger partial charge on any atom is 0.249 e. The number of aromatic nitrogens is 2. The molecular weight excluding hydrogens is 371 g/mol. The van der Waals surface area contributed by atoms with Crippen molar-refractivity contribution in [1.29, 1.82) is 5.26 Å². The summed E-state index contributed by atoms with van der Waals surface area (Å²) in [6.07, 6.45) is 10.2. The quantitative estimate of drug-likeness (QED) is 0.789. The second-order valence-electron chi connectivity index (χ2n) is 7.81. The summed E-state index contributed by atoms with van der Waals surface area (Å²) in [5, 5.41) is 10.5. The molecule has 2 aliphatic rings. The fraction of sp³-hybridized carbons (Fsp3) is 0.455. The van der Waals surface area contributed by atoms with Crippen LogP contribution in [0.15, 0.2) is 36.8 Å². The van der Waals surface area contributed by atoms with Gasteiger partial charge in [-0.15, -0.1) is 0 Å². The van der Waals surface area contributed by atoms with Gasteiger partial charge in [-0.1, -0.05) is 0 Å². The summed E-state index contributed by atoms with van der Waals surface area (Å²) in [6.45, 7) is 0.414. The van der Waals surface area contributed by atoms with Crippen LogP contribution in [0.25, 0.3) is 0 Å². The zero-order chi connectivity index (χ0) is 20.2. The Hall–Kier alpha value is -2.85. The Bertz CT molecular complexity index is 907. The SMILES string of the molecule is N#Cc1cc(F)cc([C@@H]2CCON2C(=O)C2CCC(Cc3cnccn3)CC2)c1. The molecule has 1 atom stereocenters. The number of nitriles is 1. The first-order chi connectivity index (χ1) is 14.1. The van der Waals surface area contributed by atoms with Crippen LogP contribution in [0.5, 0.6) is 0 Å². The predicted octanol–water partition coefficient (Wildman–Crippen LogP) is 3.74. The molecule has 1 aromatic heterocycles. The number of hydrogen-bond acceptors (Lipinski definition) is 5. The summed E-state index contributed by atoms with van der Waals surface area (Å²) in [7, 11) is 0. The zero-order valence-corrected chi connectivity index (χ0v) is 16.1. The first-order valence-electron chi connectivity index (χ1n) is 10.1. The van der Waals surface area contributed by atoms with E-state index in [2.05, 4.69) is 9.97 Å². The monoisotopic (exact) mass is 394 g/mol. The number of carbonyl (C=O) groups is 1. The van der Waals surface area contributed by atoms with Crippen LogP contribution in [0.1, 0.15) is 55.0 Å². The van der Waals surface area contributed by atoms with Gasteiger partial charge in [0, 0.05) is 30.9 Å². The van der Waals surface area contributed by atoms with E-state index in [0.29, 0.717) is 24.5 Å². The van der Waals surface area contributed by atoms with Gasteiger partial charge in [0.2, 0.25) is 5.91 Å². The van der Waals surface area contributed by atoms with Crippen molar-refractivity contribution in [1.82, 2.24) is 15.0 Å². The van der Waals surface area contributed by atoms with Crippen LogP contribution < -0.4 is 0 Å². The highest BCUT2D eigenvalue weighted by Gasteiger charge is 2.37. The van der Waals surface area contributed by atoms with Gasteiger partial charge in [0.25, 0.3) is 0 Å². The maximum absolute atomic E-state index is 13.9. The minimum Gasteiger partial charge on any atom is -0.272 e. The van der Waals surface area contributed by atoms with Gasteiger partial charge in [0.1, 0.15) is 5.82 Å². The first kappa shape index (κ1) is 19.5. The van der Waals surface area contributed by atoms with Gasteiger partial charge in [0.05, 0.1) is 30.0 Å². The molecule has 1 aliphatic carbocycles. The van der Waals surface area contributed by atoms with E-state index in [1.165, 1.54) is 17.2 Å². The minimum atomic E-state index is -0.470. The highest BCUT2D eigenvalue weighted by Crippen LogP contribution is 2.37. The Morgan fingerprint density at radius 3 is 2.76 bits per heavy atom. The third-order valence-corrected chi connectivity index (χ3v) is 5.87. The number of hydrogen-bond donors (Lipinski definition) is 0. The largest absolute Gasteiger partial charge is 0.272 e. The lowest BCUT2D eigenvalue weighted by atomic mass is 9.79. The van der Waals surface area contributed by atoms with E-state index in [-0.39, 0.29) is 23.4 Å². The van der Waals surface area contributed by atoms with Crippen LogP contribution in [-0.2, 0) is 16.1 Å². The zero-order valence-electron chi connectivity index (χ0n) is 16.1. The summed E-state index contributed by atoms with van der Waals surface area (Å²) in [4.78, 5) is 27.2. The Morgan fingerprint density at radius 1 is 1.21 bits per heavy atom. The van der Waals surface area contributed by atoms with Gasteiger partial charge in [-0.05, 0) is 61.8 Å². The van der Waals surface area contributed by atoms with Crippen LogP contribution in [0, 0.1) is 29.0 Å². The van der Waals surface area contributed by atoms with Gasteiger partial charge in [-0.3, -0.25) is 19.6 Å². The molecule has 2 fully saturated rings. The smallest absolute Gasteiger partial charge is 0.249 e. The molecule has 1 aliphatic heterocycles. The van der Waals surface area contributed by atoms with Crippen LogP contribution >= 0.6 is 0 Å². The number of carbonyl (C=O) groups excluding carboxylic acids is 1. The number of rotatable bonds is 4. The Balaban J connectivity index is 1.39. The summed E-state index contributed by atoms with van der Waals surface area (Å²) in [5.74, 6) is -0.0822. The number of halogens is 1. The fourth-order valence-electron chi connectivity index (χ4n) is 4.38. The van der Waals surface area contributed by atoms with Crippen LogP contribution in [0.2, 0.25) is 0 Å². The average Bonchev–Trinajstić information content (AvgIpc) is 3.24. The number of nitrogens with zero attached hydrogens (tertiary/aromatic N) is 4. The molecule has 2 aromatic rings. The van der Waals surface area contributed by atoms with Gasteiger partial charge in [0.15, 0.2) is 0 Å². The van der Waals surface area contributed by atoms with Crippen LogP contribution in [0.4, 0.5) is 4.39 Å². The second-order valence-corrected chi connectivity index (χ2v) is 7.81. The molecule has 0 spiro atoms. The maximum atomic E-state index is 13.9. The summed E-state index contributed by atoms with van der Waals surface area (Å²) < 4.78 is 13.9. The summed E-state index contributed by atoms with van der Waals surface area (Å²) in [6, 6.07) is 5.85. The Morgan fingerprint density at radius 2 is 2.03 bits per heavy atom. The van der Waals surface area contributed by atoms with Crippen molar-refractivity contribution in [2.24, 2.45) is 11.8 Å². The number of amides is 1. The topological polar surface area (TPSA) is 79.1 Å². The van der Waals surface area contributed by atoms with E-state index in [9.17, 15) is 9.18 Å². The molecule has 7 heteroatoms. The van der Waals surface area contributed by atoms with Crippen molar-refractivity contribution >= 4 is 5.91 Å². The predicted molar refractivity (Wildman–Crippen MR) is 102 cm³/mol. The average molecular weight is 394 g/mol. The molecule has 0 N–H and O–H groups in total. The number of hydroxylamine groups is 2. The van der Waals surface area contributed by atoms with Crippen LogP contribution in [0.3, 0.4) is 0 Å². The van der Waals surface area contributed by atoms with E-state index in [4.69, 9.17) is 10.1 Å². The Labute approximate surface area is 169 Å². The summed E-state index contributed by atoms with van der Waals surface area (Å²) >= 11 is 0. The molecular formula is C22H23FN4O2. The number of benzene rings is 1. The Kier molecular flexibility index (Phi) is 5.81. The van der Waals surface area contributed by atoms with E-state index in [0.717, 1.165) is 37.8 Å². The minimum absolute atomic E-state index is 0.0341. The van der Waals surface area contributed by atoms with E-state index in [1.807, 2.05) is 6.07 Å². The highest BCUT2D eigenvalue weighted by molar-refractivity contribution is 5.78. The molecule has 0 bridgehead atoms. The molecule has 2 heterocycles. The van der Waals surface area contributed by atoms with Crippen molar-refractivity contribution in [2.75, 3.05) is 6.61 Å². The summed E-state index contributed by atoms with van der Waals surface area (Å²) in [5.41, 5.74) is 1.86. The molecule has 150 valence electrons. The van der Waals surface area contributed by atoms with Gasteiger partial charge in [-0.2, -0.15) is 5.26 Å². The van der Waals surface area contributed by atoms with Crippen molar-refractivity contribution < 1.29 is 14.0 Å². The molecule has 1 aromatic carbocycles. The molecule has 0 radical (unpaired) electrons. The van der Waals surface area contributed by atoms with Gasteiger partial charge in [-0.25, -0.2) is 9.45 Å². The van der Waals surface area contributed by atoms with Gasteiger partial charge < -0.3 is 0 Å². The molecule has 29 heavy (non-hydrogen) atoms. The van der Waals surface area contributed by atoms with Crippen molar-refractivity contribution in [2.45, 2.75) is 44.6 Å². The van der Waals surface area contributed by atoms with Crippen molar-refractivity contribution in [3.05, 3.63) is 59.4 Å². The fourth-order valence-corrected chi connectivity index (χ4v) is 4.38. The molecule has 1 saturated carbocycles. The van der Waals surface area contributed by atoms with E-state index >= 15 is 0 Å². The third kappa shape index (κ3) is 4.43. The first-order valence-corrected chi connectivity index (χ1v) is 10.1. The van der Waals surface area contributed by atoms with Crippen molar-refractivity contribution in [3.63, 3.8) is 0 Å². The molecule has 4 rings (SSSR count). The van der Waals surface area contributed by atoms with Gasteiger partial charge >= 0.3 is 0 Å². The van der Waals surface area contributed by atoms with E-state index < -0.39 is 5.82 Å². The standard InChI is InChI=1S/C22H23FN4O2/c23-19-10-16(13-24)9-18(12-19)21-5-8-29-27(21)22(28)17-3-1-15(2-4-17)11-20-14-25-6-7-26-20/h6-7,9-10,12,14-15,17,21H,1-5,8,11H2/t15?,17?,21-/m0/s1. The third-order valence-electron chi connectivity index (χ3n) is 5.87. The van der Waals surface area contributed by atoms with Crippen molar-refractivity contribution in [3.8, 4) is 6.07 Å². The van der Waals surface area contributed by atoms with Crippen LogP contribution in [-0.4, -0.2) is 27.5 Å². The molecule has 6 nitrogen and oxygen atoms in total. The normalized spacial score (nSPS) is 24.3. The molecule has 0 unspecified atom stereocenters. The lowest BCUT2D eigenvalue weighted by Crippen LogP contribution is -2.36. The molecule has 1 saturated heterocycles. The van der Waals surface area contributed by atoms with E-state index in [1.54, 1.807) is 24.7 Å². The molecule has 1 amide bonds. The second kappa shape index (κ2) is 8.66. The highest BCUT2D eigenvalue weighted by atomic mass is 19.1. The lowest BCUT2D eigenvalue weighted by Gasteiger charge is -2.32.